The molecule has 100 valence electrons. The van der Waals surface area contributed by atoms with Crippen LogP contribution in [0.25, 0.3) is 0 Å². The van der Waals surface area contributed by atoms with E-state index >= 15 is 0 Å². The fraction of sp³-hybridized carbons (Fsp3) is 0.938. The lowest BCUT2D eigenvalue weighted by Gasteiger charge is -2.56. The van der Waals surface area contributed by atoms with Gasteiger partial charge in [-0.3, -0.25) is 4.79 Å². The summed E-state index contributed by atoms with van der Waals surface area (Å²) >= 11 is 0. The van der Waals surface area contributed by atoms with Crippen LogP contribution < -0.4 is 5.32 Å². The molecule has 0 amide bonds. The zero-order valence-electron chi connectivity index (χ0n) is 11.2. The van der Waals surface area contributed by atoms with E-state index in [9.17, 15) is 4.79 Å². The molecule has 18 heavy (non-hydrogen) atoms. The molecule has 4 saturated carbocycles. The van der Waals surface area contributed by atoms with Gasteiger partial charge in [0.15, 0.2) is 0 Å². The van der Waals surface area contributed by atoms with Crippen molar-refractivity contribution < 1.29 is 4.79 Å². The van der Waals surface area contributed by atoms with Crippen molar-refractivity contribution in [3.63, 3.8) is 0 Å². The van der Waals surface area contributed by atoms with Crippen LogP contribution in [0.15, 0.2) is 0 Å². The van der Waals surface area contributed by atoms with Gasteiger partial charge in [-0.15, -0.1) is 0 Å². The van der Waals surface area contributed by atoms with E-state index in [4.69, 9.17) is 0 Å². The van der Waals surface area contributed by atoms with E-state index in [1.807, 2.05) is 0 Å². The van der Waals surface area contributed by atoms with Crippen molar-refractivity contribution in [3.8, 4) is 0 Å². The summed E-state index contributed by atoms with van der Waals surface area (Å²) < 4.78 is 0. The second-order valence-electron chi connectivity index (χ2n) is 7.48. The molecule has 4 aliphatic carbocycles. The molecule has 0 aromatic rings. The van der Waals surface area contributed by atoms with Gasteiger partial charge in [-0.1, -0.05) is 0 Å². The third kappa shape index (κ3) is 1.84. The van der Waals surface area contributed by atoms with E-state index in [1.165, 1.54) is 38.5 Å². The van der Waals surface area contributed by atoms with Crippen molar-refractivity contribution >= 4 is 5.78 Å². The first kappa shape index (κ1) is 11.5. The summed E-state index contributed by atoms with van der Waals surface area (Å²) in [6, 6.07) is 0. The second-order valence-corrected chi connectivity index (χ2v) is 7.48. The van der Waals surface area contributed by atoms with E-state index in [0.29, 0.717) is 18.2 Å². The Hall–Kier alpha value is -0.370. The van der Waals surface area contributed by atoms with Gasteiger partial charge in [-0.25, -0.2) is 0 Å². The monoisotopic (exact) mass is 247 g/mol. The number of hydrogen-bond acceptors (Lipinski definition) is 2. The fourth-order valence-electron chi connectivity index (χ4n) is 6.05. The highest BCUT2D eigenvalue weighted by Crippen LogP contribution is 2.59. The minimum atomic E-state index is 0.464. The Morgan fingerprint density at radius 2 is 1.56 bits per heavy atom. The van der Waals surface area contributed by atoms with Crippen molar-refractivity contribution in [2.24, 2.45) is 35.5 Å². The topological polar surface area (TPSA) is 29.1 Å². The largest absolute Gasteiger partial charge is 0.310 e. The molecule has 2 nitrogen and oxygen atoms in total. The Kier molecular flexibility index (Phi) is 2.76. The first-order valence-electron chi connectivity index (χ1n) is 8.02. The molecule has 4 bridgehead atoms. The molecule has 1 N–H and O–H groups in total. The highest BCUT2D eigenvalue weighted by molar-refractivity contribution is 5.80. The number of carbonyl (C=O) groups is 1. The van der Waals surface area contributed by atoms with Gasteiger partial charge in [0.1, 0.15) is 5.78 Å². The summed E-state index contributed by atoms with van der Waals surface area (Å²) in [6.07, 6.45) is 9.64. The SMILES string of the molecule is O=C1CNCCC(C2C3CC4CC(C3)CC2C4)C1. The van der Waals surface area contributed by atoms with Crippen LogP contribution in [0.1, 0.15) is 44.9 Å². The van der Waals surface area contributed by atoms with Gasteiger partial charge in [-0.2, -0.15) is 0 Å². The van der Waals surface area contributed by atoms with Gasteiger partial charge < -0.3 is 5.32 Å². The third-order valence-corrected chi connectivity index (χ3v) is 6.35. The average Bonchev–Trinajstić information content (AvgIpc) is 2.52. The minimum Gasteiger partial charge on any atom is -0.310 e. The number of ketones is 1. The number of Topliss-reactive ketones (excluding diaryl/α,β-unsaturated/α-hetero) is 1. The first-order chi connectivity index (χ1) is 8.79. The predicted octanol–water partition coefficient (Wildman–Crippen LogP) is 2.63. The van der Waals surface area contributed by atoms with Crippen molar-refractivity contribution in [2.75, 3.05) is 13.1 Å². The fourth-order valence-corrected chi connectivity index (χ4v) is 6.05. The molecule has 5 rings (SSSR count). The molecule has 0 spiro atoms. The summed E-state index contributed by atoms with van der Waals surface area (Å²) in [5.74, 6) is 6.16. The summed E-state index contributed by atoms with van der Waals surface area (Å²) in [5.41, 5.74) is 0. The van der Waals surface area contributed by atoms with Crippen molar-refractivity contribution in [1.29, 1.82) is 0 Å². The highest BCUT2D eigenvalue weighted by atomic mass is 16.1. The first-order valence-corrected chi connectivity index (χ1v) is 8.02. The smallest absolute Gasteiger partial charge is 0.146 e. The third-order valence-electron chi connectivity index (χ3n) is 6.35. The van der Waals surface area contributed by atoms with E-state index in [0.717, 1.165) is 42.6 Å². The Balaban J connectivity index is 1.55. The molecule has 0 aromatic heterocycles. The zero-order valence-corrected chi connectivity index (χ0v) is 11.2. The molecule has 5 aliphatic rings. The van der Waals surface area contributed by atoms with E-state index < -0.39 is 0 Å². The molecule has 1 saturated heterocycles. The standard InChI is InChI=1S/C16H25NO/c18-15-8-12(1-2-17-9-15)16-13-4-10-3-11(6-13)7-14(16)5-10/h10-14,16-17H,1-9H2. The molecular weight excluding hydrogens is 222 g/mol. The maximum atomic E-state index is 11.9. The molecule has 1 unspecified atom stereocenters. The average molecular weight is 247 g/mol. The molecule has 2 heteroatoms. The van der Waals surface area contributed by atoms with E-state index in [1.54, 1.807) is 0 Å². The Bertz CT molecular complexity index is 323. The lowest BCUT2D eigenvalue weighted by atomic mass is 9.49. The molecular formula is C16H25NO. The summed E-state index contributed by atoms with van der Waals surface area (Å²) in [4.78, 5) is 11.9. The van der Waals surface area contributed by atoms with Crippen molar-refractivity contribution in [1.82, 2.24) is 5.32 Å². The minimum absolute atomic E-state index is 0.464. The van der Waals surface area contributed by atoms with Crippen LogP contribution in [0, 0.1) is 35.5 Å². The second kappa shape index (κ2) is 4.33. The Morgan fingerprint density at radius 1 is 0.889 bits per heavy atom. The lowest BCUT2D eigenvalue weighted by molar-refractivity contribution is -0.121. The summed E-state index contributed by atoms with van der Waals surface area (Å²) in [5, 5.41) is 3.30. The van der Waals surface area contributed by atoms with Crippen LogP contribution in [0.2, 0.25) is 0 Å². The van der Waals surface area contributed by atoms with Gasteiger partial charge in [0.2, 0.25) is 0 Å². The van der Waals surface area contributed by atoms with Gasteiger partial charge in [0, 0.05) is 6.42 Å². The van der Waals surface area contributed by atoms with Gasteiger partial charge in [-0.05, 0) is 80.6 Å². The number of rotatable bonds is 1. The highest BCUT2D eigenvalue weighted by Gasteiger charge is 2.50. The van der Waals surface area contributed by atoms with E-state index in [-0.39, 0.29) is 0 Å². The number of hydrogen-bond donors (Lipinski definition) is 1. The quantitative estimate of drug-likeness (QED) is 0.772. The van der Waals surface area contributed by atoms with Crippen LogP contribution in [0.5, 0.6) is 0 Å². The van der Waals surface area contributed by atoms with E-state index in [2.05, 4.69) is 5.32 Å². The van der Waals surface area contributed by atoms with Crippen LogP contribution in [-0.2, 0) is 4.79 Å². The molecule has 1 aliphatic heterocycles. The number of carbonyl (C=O) groups excluding carboxylic acids is 1. The molecule has 0 aromatic carbocycles. The van der Waals surface area contributed by atoms with Crippen LogP contribution in [-0.4, -0.2) is 18.9 Å². The Morgan fingerprint density at radius 3 is 2.22 bits per heavy atom. The summed E-state index contributed by atoms with van der Waals surface area (Å²) in [6.45, 7) is 1.70. The molecule has 1 heterocycles. The maximum absolute atomic E-state index is 11.9. The molecule has 1 atom stereocenters. The predicted molar refractivity (Wildman–Crippen MR) is 71.1 cm³/mol. The normalized spacial score (nSPS) is 51.4. The van der Waals surface area contributed by atoms with Crippen molar-refractivity contribution in [2.45, 2.75) is 44.9 Å². The van der Waals surface area contributed by atoms with Crippen LogP contribution in [0.4, 0.5) is 0 Å². The van der Waals surface area contributed by atoms with Crippen molar-refractivity contribution in [3.05, 3.63) is 0 Å². The molecule has 5 fully saturated rings. The van der Waals surface area contributed by atoms with Gasteiger partial charge in [0.25, 0.3) is 0 Å². The van der Waals surface area contributed by atoms with Crippen LogP contribution >= 0.6 is 0 Å². The maximum Gasteiger partial charge on any atom is 0.146 e. The Labute approximate surface area is 110 Å². The molecule has 0 radical (unpaired) electrons. The number of nitrogens with one attached hydrogen (secondary N) is 1. The summed E-state index contributed by atoms with van der Waals surface area (Å²) in [7, 11) is 0. The van der Waals surface area contributed by atoms with Gasteiger partial charge in [0.05, 0.1) is 6.54 Å². The van der Waals surface area contributed by atoms with Gasteiger partial charge >= 0.3 is 0 Å². The zero-order chi connectivity index (χ0) is 12.1. The van der Waals surface area contributed by atoms with Crippen LogP contribution in [0.3, 0.4) is 0 Å². The lowest BCUT2D eigenvalue weighted by Crippen LogP contribution is -2.48.